The second-order valence-corrected chi connectivity index (χ2v) is 4.76. The Bertz CT molecular complexity index is 673. The molecule has 0 bridgehead atoms. The van der Waals surface area contributed by atoms with Crippen molar-refractivity contribution < 1.29 is 19.1 Å². The third-order valence-electron chi connectivity index (χ3n) is 2.79. The van der Waals surface area contributed by atoms with E-state index in [1.54, 1.807) is 12.1 Å². The van der Waals surface area contributed by atoms with Gasteiger partial charge in [0, 0.05) is 11.3 Å². The quantitative estimate of drug-likeness (QED) is 0.831. The van der Waals surface area contributed by atoms with Crippen molar-refractivity contribution in [2.45, 2.75) is 0 Å². The molecule has 0 saturated carbocycles. The summed E-state index contributed by atoms with van der Waals surface area (Å²) >= 11 is 6.04. The summed E-state index contributed by atoms with van der Waals surface area (Å²) in [5, 5.41) is 2.89. The lowest BCUT2D eigenvalue weighted by Gasteiger charge is -2.13. The standard InChI is InChI=1S/C16H14ClNO4/c1-21-14-8-11(9-19)7-13(17)16(14)22-10-15(20)18-12-5-3-2-4-6-12/h2-9H,10H2,1H3,(H,18,20). The summed E-state index contributed by atoms with van der Waals surface area (Å²) in [5.74, 6) is 0.184. The van der Waals surface area contributed by atoms with Gasteiger partial charge in [-0.25, -0.2) is 0 Å². The number of para-hydroxylation sites is 1. The lowest BCUT2D eigenvalue weighted by atomic mass is 10.2. The van der Waals surface area contributed by atoms with E-state index in [0.29, 0.717) is 23.3 Å². The van der Waals surface area contributed by atoms with Crippen LogP contribution in [0.3, 0.4) is 0 Å². The van der Waals surface area contributed by atoms with Gasteiger partial charge in [0.2, 0.25) is 0 Å². The number of ether oxygens (including phenoxy) is 2. The van der Waals surface area contributed by atoms with E-state index in [1.165, 1.54) is 19.2 Å². The van der Waals surface area contributed by atoms with Gasteiger partial charge < -0.3 is 14.8 Å². The van der Waals surface area contributed by atoms with Gasteiger partial charge in [0.1, 0.15) is 6.29 Å². The molecule has 0 unspecified atom stereocenters. The molecule has 2 aromatic carbocycles. The van der Waals surface area contributed by atoms with Crippen LogP contribution >= 0.6 is 11.6 Å². The zero-order valence-corrected chi connectivity index (χ0v) is 12.6. The van der Waals surface area contributed by atoms with Crippen LogP contribution in [0.4, 0.5) is 5.69 Å². The molecule has 0 aliphatic rings. The number of rotatable bonds is 6. The first-order chi connectivity index (χ1) is 10.6. The third kappa shape index (κ3) is 3.99. The number of methoxy groups -OCH3 is 1. The molecule has 1 amide bonds. The zero-order chi connectivity index (χ0) is 15.9. The molecule has 114 valence electrons. The second kappa shape index (κ2) is 7.47. The minimum absolute atomic E-state index is 0.203. The molecule has 0 heterocycles. The minimum atomic E-state index is -0.330. The van der Waals surface area contributed by atoms with Crippen LogP contribution in [-0.2, 0) is 4.79 Å². The second-order valence-electron chi connectivity index (χ2n) is 4.35. The first-order valence-electron chi connectivity index (χ1n) is 6.44. The predicted octanol–water partition coefficient (Wildman–Crippen LogP) is 3.18. The first-order valence-corrected chi connectivity index (χ1v) is 6.82. The van der Waals surface area contributed by atoms with E-state index in [0.717, 1.165) is 0 Å². The van der Waals surface area contributed by atoms with Crippen molar-refractivity contribution >= 4 is 29.5 Å². The van der Waals surface area contributed by atoms with Crippen LogP contribution in [0.1, 0.15) is 10.4 Å². The van der Waals surface area contributed by atoms with Crippen molar-refractivity contribution in [3.8, 4) is 11.5 Å². The Labute approximate surface area is 132 Å². The molecule has 0 aliphatic carbocycles. The Kier molecular flexibility index (Phi) is 5.38. The molecule has 0 spiro atoms. The van der Waals surface area contributed by atoms with Gasteiger partial charge in [-0.1, -0.05) is 29.8 Å². The van der Waals surface area contributed by atoms with E-state index in [1.807, 2.05) is 18.2 Å². The lowest BCUT2D eigenvalue weighted by molar-refractivity contribution is -0.118. The van der Waals surface area contributed by atoms with Gasteiger partial charge in [-0.15, -0.1) is 0 Å². The van der Waals surface area contributed by atoms with Crippen molar-refractivity contribution in [1.82, 2.24) is 0 Å². The number of amides is 1. The molecule has 5 nitrogen and oxygen atoms in total. The molecule has 2 aromatic rings. The van der Waals surface area contributed by atoms with E-state index >= 15 is 0 Å². The van der Waals surface area contributed by atoms with E-state index < -0.39 is 0 Å². The average molecular weight is 320 g/mol. The zero-order valence-electron chi connectivity index (χ0n) is 11.8. The van der Waals surface area contributed by atoms with Gasteiger partial charge in [-0.05, 0) is 24.3 Å². The van der Waals surface area contributed by atoms with Gasteiger partial charge >= 0.3 is 0 Å². The van der Waals surface area contributed by atoms with Crippen molar-refractivity contribution in [2.75, 3.05) is 19.0 Å². The fraction of sp³-hybridized carbons (Fsp3) is 0.125. The van der Waals surface area contributed by atoms with E-state index in [2.05, 4.69) is 5.32 Å². The van der Waals surface area contributed by atoms with Gasteiger partial charge in [0.15, 0.2) is 18.1 Å². The summed E-state index contributed by atoms with van der Waals surface area (Å²) in [6.07, 6.45) is 0.653. The average Bonchev–Trinajstić information content (AvgIpc) is 2.53. The van der Waals surface area contributed by atoms with Crippen LogP contribution in [0.5, 0.6) is 11.5 Å². The highest BCUT2D eigenvalue weighted by molar-refractivity contribution is 6.32. The molecule has 0 fully saturated rings. The third-order valence-corrected chi connectivity index (χ3v) is 3.07. The highest BCUT2D eigenvalue weighted by Gasteiger charge is 2.13. The first kappa shape index (κ1) is 15.9. The Morgan fingerprint density at radius 1 is 1.27 bits per heavy atom. The maximum Gasteiger partial charge on any atom is 0.262 e. The molecule has 0 atom stereocenters. The fourth-order valence-corrected chi connectivity index (χ4v) is 2.08. The molecule has 6 heteroatoms. The topological polar surface area (TPSA) is 64.6 Å². The summed E-state index contributed by atoms with van der Waals surface area (Å²) < 4.78 is 10.5. The van der Waals surface area contributed by atoms with Crippen LogP contribution in [0, 0.1) is 0 Å². The Hall–Kier alpha value is -2.53. The maximum absolute atomic E-state index is 11.8. The lowest BCUT2D eigenvalue weighted by Crippen LogP contribution is -2.20. The van der Waals surface area contributed by atoms with Crippen molar-refractivity contribution in [1.29, 1.82) is 0 Å². The van der Waals surface area contributed by atoms with Crippen LogP contribution < -0.4 is 14.8 Å². The molecule has 0 radical (unpaired) electrons. The molecule has 0 aliphatic heterocycles. The number of benzene rings is 2. The van der Waals surface area contributed by atoms with Gasteiger partial charge in [-0.3, -0.25) is 9.59 Å². The Morgan fingerprint density at radius 2 is 2.00 bits per heavy atom. The number of aldehydes is 1. The molecule has 2 rings (SSSR count). The van der Waals surface area contributed by atoms with E-state index in [9.17, 15) is 9.59 Å². The summed E-state index contributed by atoms with van der Waals surface area (Å²) in [6.45, 7) is -0.231. The van der Waals surface area contributed by atoms with Gasteiger partial charge in [0.25, 0.3) is 5.91 Å². The van der Waals surface area contributed by atoms with Crippen molar-refractivity contribution in [3.05, 3.63) is 53.1 Å². The van der Waals surface area contributed by atoms with Gasteiger partial charge in [0.05, 0.1) is 12.1 Å². The number of carbonyl (C=O) groups excluding carboxylic acids is 2. The molecular formula is C16H14ClNO4. The number of nitrogens with one attached hydrogen (secondary N) is 1. The summed E-state index contributed by atoms with van der Waals surface area (Å²) in [6, 6.07) is 12.0. The number of hydrogen-bond acceptors (Lipinski definition) is 4. The SMILES string of the molecule is COc1cc(C=O)cc(Cl)c1OCC(=O)Nc1ccccc1. The summed E-state index contributed by atoms with van der Waals surface area (Å²) in [7, 11) is 1.43. The monoisotopic (exact) mass is 319 g/mol. The van der Waals surface area contributed by atoms with Gasteiger partial charge in [-0.2, -0.15) is 0 Å². The largest absolute Gasteiger partial charge is 0.493 e. The highest BCUT2D eigenvalue weighted by atomic mass is 35.5. The van der Waals surface area contributed by atoms with E-state index in [4.69, 9.17) is 21.1 Å². The minimum Gasteiger partial charge on any atom is -0.493 e. The van der Waals surface area contributed by atoms with Crippen LogP contribution in [0.15, 0.2) is 42.5 Å². The number of carbonyl (C=O) groups is 2. The van der Waals surface area contributed by atoms with Crippen molar-refractivity contribution in [3.63, 3.8) is 0 Å². The molecule has 1 N–H and O–H groups in total. The number of anilines is 1. The molecular weight excluding hydrogens is 306 g/mol. The smallest absolute Gasteiger partial charge is 0.262 e. The Morgan fingerprint density at radius 3 is 2.64 bits per heavy atom. The maximum atomic E-state index is 11.8. The van der Waals surface area contributed by atoms with Crippen molar-refractivity contribution in [2.24, 2.45) is 0 Å². The van der Waals surface area contributed by atoms with Crippen LogP contribution in [0.25, 0.3) is 0 Å². The normalized spacial score (nSPS) is 9.91. The molecule has 22 heavy (non-hydrogen) atoms. The number of halogens is 1. The Balaban J connectivity index is 2.05. The fourth-order valence-electron chi connectivity index (χ4n) is 1.80. The molecule has 0 saturated heterocycles. The van der Waals surface area contributed by atoms with Crippen LogP contribution in [0.2, 0.25) is 5.02 Å². The van der Waals surface area contributed by atoms with E-state index in [-0.39, 0.29) is 23.3 Å². The number of hydrogen-bond donors (Lipinski definition) is 1. The van der Waals surface area contributed by atoms with Crippen LogP contribution in [-0.4, -0.2) is 25.9 Å². The summed E-state index contributed by atoms with van der Waals surface area (Å²) in [5.41, 5.74) is 1.04. The summed E-state index contributed by atoms with van der Waals surface area (Å²) in [4.78, 5) is 22.6. The highest BCUT2D eigenvalue weighted by Crippen LogP contribution is 2.36. The predicted molar refractivity (Wildman–Crippen MR) is 84.0 cm³/mol. The molecule has 0 aromatic heterocycles.